The van der Waals surface area contributed by atoms with Crippen LogP contribution < -0.4 is 4.90 Å². The summed E-state index contributed by atoms with van der Waals surface area (Å²) in [5.74, 6) is 0.323. The molecule has 4 heteroatoms. The predicted molar refractivity (Wildman–Crippen MR) is 173 cm³/mol. The first kappa shape index (κ1) is 27.0. The third kappa shape index (κ3) is 4.92. The number of rotatable bonds is 8. The van der Waals surface area contributed by atoms with E-state index in [4.69, 9.17) is 0 Å². The Morgan fingerprint density at radius 3 is 1.81 bits per heavy atom. The van der Waals surface area contributed by atoms with Crippen molar-refractivity contribution in [1.82, 2.24) is 9.80 Å². The number of carbonyl (C=O) groups is 1. The summed E-state index contributed by atoms with van der Waals surface area (Å²) in [5.41, 5.74) is 8.22. The summed E-state index contributed by atoms with van der Waals surface area (Å²) in [6.07, 6.45) is 5.28. The fraction of sp³-hybridized carbons (Fsp3) is 0.342. The third-order valence-corrected chi connectivity index (χ3v) is 9.81. The first-order valence-electron chi connectivity index (χ1n) is 15.9. The molecule has 3 aliphatic rings. The SMILES string of the molecule is O=C(N1CCCC1)C1(CCCCN2CCN(c3ccc(-c4ccccc4)cc3)CC2)c2ccccc2-c2ccccc21. The molecular weight excluding hydrogens is 514 g/mol. The highest BCUT2D eigenvalue weighted by atomic mass is 16.2. The van der Waals surface area contributed by atoms with Crippen molar-refractivity contribution in [2.24, 2.45) is 0 Å². The van der Waals surface area contributed by atoms with Crippen molar-refractivity contribution >= 4 is 11.6 Å². The molecule has 2 heterocycles. The van der Waals surface area contributed by atoms with Gasteiger partial charge < -0.3 is 9.80 Å². The molecule has 0 atom stereocenters. The van der Waals surface area contributed by atoms with Gasteiger partial charge in [-0.25, -0.2) is 0 Å². The molecule has 0 spiro atoms. The fourth-order valence-corrected chi connectivity index (χ4v) is 7.57. The van der Waals surface area contributed by atoms with Crippen molar-refractivity contribution in [3.63, 3.8) is 0 Å². The molecule has 0 radical (unpaired) electrons. The molecule has 2 saturated heterocycles. The number of benzene rings is 4. The van der Waals surface area contributed by atoms with Gasteiger partial charge in [-0.1, -0.05) is 97.4 Å². The van der Waals surface area contributed by atoms with Gasteiger partial charge in [-0.15, -0.1) is 0 Å². The lowest BCUT2D eigenvalue weighted by molar-refractivity contribution is -0.135. The van der Waals surface area contributed by atoms with Crippen LogP contribution in [0.15, 0.2) is 103 Å². The van der Waals surface area contributed by atoms with Gasteiger partial charge in [-0.3, -0.25) is 9.69 Å². The molecular formula is C38H41N3O. The van der Waals surface area contributed by atoms with Crippen LogP contribution in [0.2, 0.25) is 0 Å². The van der Waals surface area contributed by atoms with E-state index in [0.717, 1.165) is 77.9 Å². The Morgan fingerprint density at radius 1 is 0.595 bits per heavy atom. The highest BCUT2D eigenvalue weighted by molar-refractivity contribution is 6.00. The van der Waals surface area contributed by atoms with Gasteiger partial charge in [0, 0.05) is 45.0 Å². The summed E-state index contributed by atoms with van der Waals surface area (Å²) in [4.78, 5) is 21.6. The van der Waals surface area contributed by atoms with Crippen LogP contribution in [0.5, 0.6) is 0 Å². The van der Waals surface area contributed by atoms with Crippen molar-refractivity contribution in [3.8, 4) is 22.3 Å². The molecule has 0 unspecified atom stereocenters. The van der Waals surface area contributed by atoms with Crippen molar-refractivity contribution < 1.29 is 4.79 Å². The van der Waals surface area contributed by atoms with Crippen LogP contribution in [0, 0.1) is 0 Å². The van der Waals surface area contributed by atoms with Crippen LogP contribution in [0.4, 0.5) is 5.69 Å². The van der Waals surface area contributed by atoms with E-state index in [1.807, 2.05) is 0 Å². The van der Waals surface area contributed by atoms with E-state index in [1.54, 1.807) is 0 Å². The molecule has 4 aromatic carbocycles. The Hall–Kier alpha value is -3.89. The van der Waals surface area contributed by atoms with E-state index in [-0.39, 0.29) is 0 Å². The van der Waals surface area contributed by atoms with E-state index < -0.39 is 5.41 Å². The van der Waals surface area contributed by atoms with Crippen LogP contribution in [0.25, 0.3) is 22.3 Å². The molecule has 0 bridgehead atoms. The summed E-state index contributed by atoms with van der Waals surface area (Å²) < 4.78 is 0. The molecule has 1 aliphatic carbocycles. The second kappa shape index (κ2) is 11.8. The lowest BCUT2D eigenvalue weighted by atomic mass is 9.73. The molecule has 4 nitrogen and oxygen atoms in total. The summed E-state index contributed by atoms with van der Waals surface area (Å²) in [6, 6.07) is 36.9. The first-order chi connectivity index (χ1) is 20.7. The minimum atomic E-state index is -0.553. The molecule has 7 rings (SSSR count). The largest absolute Gasteiger partial charge is 0.369 e. The lowest BCUT2D eigenvalue weighted by Crippen LogP contribution is -2.47. The highest BCUT2D eigenvalue weighted by Gasteiger charge is 2.50. The number of unbranched alkanes of at least 4 members (excludes halogenated alkanes) is 1. The molecule has 1 amide bonds. The highest BCUT2D eigenvalue weighted by Crippen LogP contribution is 2.52. The Bertz CT molecular complexity index is 1470. The maximum Gasteiger partial charge on any atom is 0.237 e. The predicted octanol–water partition coefficient (Wildman–Crippen LogP) is 7.24. The van der Waals surface area contributed by atoms with Crippen molar-refractivity contribution in [2.75, 3.05) is 50.7 Å². The van der Waals surface area contributed by atoms with Crippen LogP contribution in [-0.2, 0) is 10.2 Å². The van der Waals surface area contributed by atoms with Gasteiger partial charge in [-0.05, 0) is 77.7 Å². The number of fused-ring (bicyclic) bond motifs is 3. The van der Waals surface area contributed by atoms with Gasteiger partial charge in [0.1, 0.15) is 5.41 Å². The molecule has 0 saturated carbocycles. The molecule has 4 aromatic rings. The third-order valence-electron chi connectivity index (χ3n) is 9.81. The average molecular weight is 556 g/mol. The Kier molecular flexibility index (Phi) is 7.56. The molecule has 2 aliphatic heterocycles. The normalized spacial score (nSPS) is 17.7. The summed E-state index contributed by atoms with van der Waals surface area (Å²) in [7, 11) is 0. The number of nitrogens with zero attached hydrogens (tertiary/aromatic N) is 3. The monoisotopic (exact) mass is 555 g/mol. The number of hydrogen-bond donors (Lipinski definition) is 0. The van der Waals surface area contributed by atoms with Gasteiger partial charge in [-0.2, -0.15) is 0 Å². The lowest BCUT2D eigenvalue weighted by Gasteiger charge is -2.37. The summed E-state index contributed by atoms with van der Waals surface area (Å²) in [6.45, 7) is 7.17. The topological polar surface area (TPSA) is 26.8 Å². The Labute approximate surface area is 250 Å². The van der Waals surface area contributed by atoms with Crippen LogP contribution in [-0.4, -0.2) is 61.5 Å². The van der Waals surface area contributed by atoms with E-state index in [0.29, 0.717) is 5.91 Å². The number of amides is 1. The van der Waals surface area contributed by atoms with Gasteiger partial charge in [0.05, 0.1) is 0 Å². The maximum absolute atomic E-state index is 14.4. The number of carbonyl (C=O) groups excluding carboxylic acids is 1. The Balaban J connectivity index is 0.992. The smallest absolute Gasteiger partial charge is 0.237 e. The number of likely N-dealkylation sites (tertiary alicyclic amines) is 1. The summed E-state index contributed by atoms with van der Waals surface area (Å²) in [5, 5.41) is 0. The van der Waals surface area contributed by atoms with Gasteiger partial charge in [0.15, 0.2) is 0 Å². The average Bonchev–Trinajstić information content (AvgIpc) is 3.70. The Morgan fingerprint density at radius 2 is 1.17 bits per heavy atom. The van der Waals surface area contributed by atoms with Crippen LogP contribution in [0.1, 0.15) is 43.2 Å². The number of piperazine rings is 1. The zero-order valence-corrected chi connectivity index (χ0v) is 24.6. The van der Waals surface area contributed by atoms with E-state index in [9.17, 15) is 4.79 Å². The second-order valence-electron chi connectivity index (χ2n) is 12.2. The molecule has 214 valence electrons. The van der Waals surface area contributed by atoms with Crippen LogP contribution in [0.3, 0.4) is 0 Å². The number of anilines is 1. The zero-order valence-electron chi connectivity index (χ0n) is 24.6. The van der Waals surface area contributed by atoms with E-state index >= 15 is 0 Å². The zero-order chi connectivity index (χ0) is 28.4. The first-order valence-corrected chi connectivity index (χ1v) is 15.9. The second-order valence-corrected chi connectivity index (χ2v) is 12.2. The van der Waals surface area contributed by atoms with E-state index in [1.165, 1.54) is 39.1 Å². The van der Waals surface area contributed by atoms with Gasteiger partial charge in [0.25, 0.3) is 0 Å². The minimum absolute atomic E-state index is 0.323. The van der Waals surface area contributed by atoms with Gasteiger partial charge >= 0.3 is 0 Å². The molecule has 0 N–H and O–H groups in total. The maximum atomic E-state index is 14.4. The summed E-state index contributed by atoms with van der Waals surface area (Å²) >= 11 is 0. The van der Waals surface area contributed by atoms with E-state index in [2.05, 4.69) is 118 Å². The van der Waals surface area contributed by atoms with Crippen molar-refractivity contribution in [3.05, 3.63) is 114 Å². The van der Waals surface area contributed by atoms with Gasteiger partial charge in [0.2, 0.25) is 5.91 Å². The van der Waals surface area contributed by atoms with Crippen molar-refractivity contribution in [1.29, 1.82) is 0 Å². The number of hydrogen-bond acceptors (Lipinski definition) is 3. The van der Waals surface area contributed by atoms with Crippen molar-refractivity contribution in [2.45, 2.75) is 37.5 Å². The van der Waals surface area contributed by atoms with Crippen LogP contribution >= 0.6 is 0 Å². The fourth-order valence-electron chi connectivity index (χ4n) is 7.57. The molecule has 2 fully saturated rings. The minimum Gasteiger partial charge on any atom is -0.369 e. The molecule has 0 aromatic heterocycles. The molecule has 42 heavy (non-hydrogen) atoms. The standard InChI is InChI=1S/C38H41N3O/c42-37(41-24-10-11-25-41)38(35-16-6-4-14-33(35)34-15-5-7-17-36(34)38)22-8-9-23-39-26-28-40(29-27-39)32-20-18-31(19-21-32)30-12-2-1-3-13-30/h1-7,12-21H,8-11,22-29H2. The quantitative estimate of drug-likeness (QED) is 0.215.